The first-order valence-corrected chi connectivity index (χ1v) is 4.37. The Balaban J connectivity index is 3.77. The summed E-state index contributed by atoms with van der Waals surface area (Å²) in [7, 11) is 0. The minimum absolute atomic E-state index is 0.473. The second-order valence-corrected chi connectivity index (χ2v) is 3.31. The van der Waals surface area contributed by atoms with Gasteiger partial charge in [0.1, 0.15) is 0 Å². The lowest BCUT2D eigenvalue weighted by atomic mass is 10.5. The Hall–Kier alpha value is -0.720. The number of thioether (sulfide) groups is 1. The zero-order chi connectivity index (χ0) is 10.5. The van der Waals surface area contributed by atoms with Crippen LogP contribution in [0.3, 0.4) is 0 Å². The van der Waals surface area contributed by atoms with Crippen molar-refractivity contribution in [3.8, 4) is 0 Å². The number of hydrogen-bond donors (Lipinski definition) is 1. The molecule has 0 aromatic carbocycles. The van der Waals surface area contributed by atoms with Crippen LogP contribution >= 0.6 is 11.8 Å². The first-order chi connectivity index (χ1) is 5.88. The van der Waals surface area contributed by atoms with Crippen LogP contribution in [0, 0.1) is 0 Å². The molecule has 0 aromatic rings. The van der Waals surface area contributed by atoms with E-state index in [-0.39, 0.29) is 0 Å². The van der Waals surface area contributed by atoms with Gasteiger partial charge in [-0.1, -0.05) is 18.7 Å². The zero-order valence-corrected chi connectivity index (χ0v) is 7.59. The lowest BCUT2D eigenvalue weighted by Crippen LogP contribution is -2.39. The number of rotatable bonds is 3. The quantitative estimate of drug-likeness (QED) is 0.762. The van der Waals surface area contributed by atoms with Crippen LogP contribution in [0.15, 0.2) is 0 Å². The third kappa shape index (κ3) is 5.51. The maximum absolute atomic E-state index is 11.6. The van der Waals surface area contributed by atoms with Crippen LogP contribution in [-0.2, 0) is 9.59 Å². The van der Waals surface area contributed by atoms with Gasteiger partial charge in [-0.2, -0.15) is 13.2 Å². The summed E-state index contributed by atoms with van der Waals surface area (Å²) in [6.07, 6.45) is -4.92. The number of carbonyl (C=O) groups is 2. The molecule has 0 saturated carbocycles. The van der Waals surface area contributed by atoms with Crippen LogP contribution in [0.4, 0.5) is 13.2 Å². The Kier molecular flexibility index (Phi) is 4.82. The molecule has 0 saturated heterocycles. The predicted octanol–water partition coefficient (Wildman–Crippen LogP) is 0.945. The summed E-state index contributed by atoms with van der Waals surface area (Å²) < 4.78 is 34.7. The average molecular weight is 215 g/mol. The molecule has 0 rings (SSSR count). The molecule has 0 fully saturated rings. The molecule has 76 valence electrons. The molecule has 0 aromatic heterocycles. The van der Waals surface area contributed by atoms with E-state index in [1.165, 1.54) is 5.32 Å². The summed E-state index contributed by atoms with van der Waals surface area (Å²) in [6.45, 7) is 1.10. The summed E-state index contributed by atoms with van der Waals surface area (Å²) in [5.74, 6) is -1.61. The van der Waals surface area contributed by atoms with Crippen LogP contribution in [0.2, 0.25) is 0 Å². The highest BCUT2D eigenvalue weighted by atomic mass is 32.2. The van der Waals surface area contributed by atoms with Crippen LogP contribution in [0.1, 0.15) is 6.92 Å². The van der Waals surface area contributed by atoms with E-state index in [4.69, 9.17) is 0 Å². The average Bonchev–Trinajstić information content (AvgIpc) is 1.99. The van der Waals surface area contributed by atoms with Crippen molar-refractivity contribution in [2.45, 2.75) is 13.1 Å². The summed E-state index contributed by atoms with van der Waals surface area (Å²) in [6, 6.07) is 0. The Bertz CT molecular complexity index is 205. The monoisotopic (exact) mass is 215 g/mol. The third-order valence-corrected chi connectivity index (χ3v) is 1.71. The number of carbonyl (C=O) groups excluding carboxylic acids is 2. The topological polar surface area (TPSA) is 46.2 Å². The van der Waals surface area contributed by atoms with Gasteiger partial charge in [-0.15, -0.1) is 0 Å². The molecule has 0 aliphatic carbocycles. The Labute approximate surface area is 77.1 Å². The van der Waals surface area contributed by atoms with Crippen LogP contribution in [-0.4, -0.2) is 29.5 Å². The molecular formula is C6H8F3NO2S. The Morgan fingerprint density at radius 2 is 1.92 bits per heavy atom. The van der Waals surface area contributed by atoms with Gasteiger partial charge in [-0.3, -0.25) is 9.59 Å². The zero-order valence-electron chi connectivity index (χ0n) is 6.77. The van der Waals surface area contributed by atoms with Gasteiger partial charge in [0.25, 0.3) is 0 Å². The molecule has 1 N–H and O–H groups in total. The van der Waals surface area contributed by atoms with Gasteiger partial charge < -0.3 is 5.32 Å². The number of nitrogens with one attached hydrogen (secondary N) is 1. The summed E-state index contributed by atoms with van der Waals surface area (Å²) in [4.78, 5) is 20.8. The van der Waals surface area contributed by atoms with Crippen molar-refractivity contribution >= 4 is 22.8 Å². The van der Waals surface area contributed by atoms with Crippen LogP contribution in [0.5, 0.6) is 0 Å². The second-order valence-electron chi connectivity index (χ2n) is 1.99. The molecule has 0 heterocycles. The van der Waals surface area contributed by atoms with E-state index in [9.17, 15) is 22.8 Å². The van der Waals surface area contributed by atoms with Crippen molar-refractivity contribution in [2.75, 3.05) is 12.3 Å². The third-order valence-electron chi connectivity index (χ3n) is 0.956. The predicted molar refractivity (Wildman–Crippen MR) is 42.2 cm³/mol. The molecule has 0 unspecified atom stereocenters. The highest BCUT2D eigenvalue weighted by Gasteiger charge is 2.38. The van der Waals surface area contributed by atoms with Gasteiger partial charge in [-0.05, 0) is 5.75 Å². The normalized spacial score (nSPS) is 11.1. The molecule has 1 amide bonds. The lowest BCUT2D eigenvalue weighted by Gasteiger charge is -2.05. The van der Waals surface area contributed by atoms with E-state index < -0.39 is 23.7 Å². The molecule has 0 bridgehead atoms. The van der Waals surface area contributed by atoms with Gasteiger partial charge in [-0.25, -0.2) is 0 Å². The van der Waals surface area contributed by atoms with Crippen molar-refractivity contribution in [2.24, 2.45) is 0 Å². The molecule has 3 nitrogen and oxygen atoms in total. The number of hydrogen-bond acceptors (Lipinski definition) is 3. The van der Waals surface area contributed by atoms with E-state index in [1.54, 1.807) is 6.92 Å². The van der Waals surface area contributed by atoms with Crippen molar-refractivity contribution in [1.29, 1.82) is 0 Å². The molecule has 0 radical (unpaired) electrons. The second kappa shape index (κ2) is 5.11. The van der Waals surface area contributed by atoms with Gasteiger partial charge in [0.2, 0.25) is 5.12 Å². The van der Waals surface area contributed by atoms with Gasteiger partial charge in [0, 0.05) is 0 Å². The largest absolute Gasteiger partial charge is 0.471 e. The number of halogens is 3. The molecular weight excluding hydrogens is 207 g/mol. The Morgan fingerprint density at radius 1 is 1.38 bits per heavy atom. The number of amides is 1. The van der Waals surface area contributed by atoms with Gasteiger partial charge in [0.05, 0.1) is 6.54 Å². The lowest BCUT2D eigenvalue weighted by molar-refractivity contribution is -0.173. The fourth-order valence-corrected chi connectivity index (χ4v) is 0.961. The summed E-state index contributed by atoms with van der Waals surface area (Å²) >= 11 is 0.863. The van der Waals surface area contributed by atoms with Gasteiger partial charge >= 0.3 is 12.1 Å². The molecule has 7 heteroatoms. The van der Waals surface area contributed by atoms with Crippen molar-refractivity contribution in [1.82, 2.24) is 5.32 Å². The van der Waals surface area contributed by atoms with E-state index in [2.05, 4.69) is 0 Å². The smallest absolute Gasteiger partial charge is 0.340 e. The van der Waals surface area contributed by atoms with Crippen molar-refractivity contribution < 1.29 is 22.8 Å². The van der Waals surface area contributed by atoms with E-state index in [0.29, 0.717) is 5.75 Å². The van der Waals surface area contributed by atoms with Crippen molar-refractivity contribution in [3.05, 3.63) is 0 Å². The highest BCUT2D eigenvalue weighted by Crippen LogP contribution is 2.13. The molecule has 0 aliphatic rings. The fourth-order valence-electron chi connectivity index (χ4n) is 0.465. The SMILES string of the molecule is CCSC(=O)CNC(=O)C(F)(F)F. The van der Waals surface area contributed by atoms with Gasteiger partial charge in [0.15, 0.2) is 0 Å². The summed E-state index contributed by atoms with van der Waals surface area (Å²) in [5.41, 5.74) is 0. The molecule has 13 heavy (non-hydrogen) atoms. The summed E-state index contributed by atoms with van der Waals surface area (Å²) in [5, 5.41) is 0.987. The first-order valence-electron chi connectivity index (χ1n) is 3.38. The fraction of sp³-hybridized carbons (Fsp3) is 0.667. The molecule has 0 spiro atoms. The Morgan fingerprint density at radius 3 is 2.31 bits per heavy atom. The van der Waals surface area contributed by atoms with E-state index in [0.717, 1.165) is 11.8 Å². The first kappa shape index (κ1) is 12.3. The highest BCUT2D eigenvalue weighted by molar-refractivity contribution is 8.13. The standard InChI is InChI=1S/C6H8F3NO2S/c1-2-13-4(11)3-10-5(12)6(7,8)9/h2-3H2,1H3,(H,10,12). The molecule has 0 aliphatic heterocycles. The van der Waals surface area contributed by atoms with E-state index >= 15 is 0 Å². The number of alkyl halides is 3. The van der Waals surface area contributed by atoms with Crippen LogP contribution in [0.25, 0.3) is 0 Å². The van der Waals surface area contributed by atoms with Crippen molar-refractivity contribution in [3.63, 3.8) is 0 Å². The van der Waals surface area contributed by atoms with Crippen LogP contribution < -0.4 is 5.32 Å². The minimum Gasteiger partial charge on any atom is -0.340 e. The minimum atomic E-state index is -4.92. The maximum Gasteiger partial charge on any atom is 0.471 e. The maximum atomic E-state index is 11.6. The molecule has 0 atom stereocenters. The van der Waals surface area contributed by atoms with E-state index in [1.807, 2.05) is 0 Å².